The lowest BCUT2D eigenvalue weighted by Crippen LogP contribution is -2.37. The third-order valence-corrected chi connectivity index (χ3v) is 5.24. The SMILES string of the molecule is Cc1cn([C@@H]2O[C@H](CO)[C@@H](O)[C@H]2n2cc(COc3ccccc3[N+](=O)[O-])nn2)c(=O)[nH]c1=O. The lowest BCUT2D eigenvalue weighted by molar-refractivity contribution is -0.385. The van der Waals surface area contributed by atoms with E-state index in [1.54, 1.807) is 6.07 Å². The normalized spacial score (nSPS) is 22.4. The molecule has 4 rings (SSSR count). The van der Waals surface area contributed by atoms with Crippen LogP contribution >= 0.6 is 0 Å². The molecule has 33 heavy (non-hydrogen) atoms. The van der Waals surface area contributed by atoms with Gasteiger partial charge in [-0.05, 0) is 13.0 Å². The quantitative estimate of drug-likeness (QED) is 0.304. The Morgan fingerprint density at radius 2 is 2.06 bits per heavy atom. The predicted octanol–water partition coefficient (Wildman–Crippen LogP) is -0.584. The van der Waals surface area contributed by atoms with E-state index in [-0.39, 0.29) is 29.3 Å². The number of aromatic nitrogens is 5. The highest BCUT2D eigenvalue weighted by atomic mass is 16.6. The molecular formula is C19H20N6O8. The Morgan fingerprint density at radius 1 is 1.30 bits per heavy atom. The third kappa shape index (κ3) is 4.26. The molecule has 14 nitrogen and oxygen atoms in total. The molecule has 1 aromatic carbocycles. The summed E-state index contributed by atoms with van der Waals surface area (Å²) in [6, 6.07) is 4.89. The molecule has 1 saturated heterocycles. The molecule has 2 aromatic heterocycles. The van der Waals surface area contributed by atoms with E-state index in [9.17, 15) is 29.9 Å². The summed E-state index contributed by atoms with van der Waals surface area (Å²) in [6.45, 7) is 0.834. The second-order valence-corrected chi connectivity index (χ2v) is 7.41. The molecule has 0 radical (unpaired) electrons. The minimum atomic E-state index is -1.26. The number of rotatable bonds is 7. The van der Waals surface area contributed by atoms with Crippen molar-refractivity contribution >= 4 is 5.69 Å². The van der Waals surface area contributed by atoms with Gasteiger partial charge < -0.3 is 19.7 Å². The van der Waals surface area contributed by atoms with Crippen molar-refractivity contribution in [3.8, 4) is 5.75 Å². The van der Waals surface area contributed by atoms with E-state index in [1.807, 2.05) is 0 Å². The number of nitrogens with zero attached hydrogens (tertiary/aromatic N) is 5. The Bertz CT molecular complexity index is 1280. The van der Waals surface area contributed by atoms with Gasteiger partial charge in [0, 0.05) is 17.8 Å². The number of H-pyrrole nitrogens is 1. The highest BCUT2D eigenvalue weighted by Gasteiger charge is 2.46. The van der Waals surface area contributed by atoms with Crippen molar-refractivity contribution in [2.45, 2.75) is 38.0 Å². The topological polar surface area (TPSA) is 188 Å². The van der Waals surface area contributed by atoms with Gasteiger partial charge in [0.05, 0.1) is 17.7 Å². The fourth-order valence-corrected chi connectivity index (χ4v) is 3.58. The van der Waals surface area contributed by atoms with E-state index in [1.165, 1.54) is 42.2 Å². The molecule has 0 unspecified atom stereocenters. The maximum Gasteiger partial charge on any atom is 0.330 e. The zero-order valence-corrected chi connectivity index (χ0v) is 17.3. The first-order valence-corrected chi connectivity index (χ1v) is 9.83. The smallest absolute Gasteiger partial charge is 0.330 e. The van der Waals surface area contributed by atoms with E-state index in [0.717, 1.165) is 4.57 Å². The summed E-state index contributed by atoms with van der Waals surface area (Å²) in [6.07, 6.45) is -0.658. The van der Waals surface area contributed by atoms with Crippen LogP contribution in [0.5, 0.6) is 5.75 Å². The number of aromatic amines is 1. The Morgan fingerprint density at radius 3 is 2.79 bits per heavy atom. The molecule has 1 fully saturated rings. The average Bonchev–Trinajstić information content (AvgIpc) is 3.38. The molecule has 0 bridgehead atoms. The van der Waals surface area contributed by atoms with Crippen LogP contribution in [0.2, 0.25) is 0 Å². The van der Waals surface area contributed by atoms with Gasteiger partial charge in [-0.2, -0.15) is 0 Å². The summed E-state index contributed by atoms with van der Waals surface area (Å²) < 4.78 is 13.5. The van der Waals surface area contributed by atoms with Gasteiger partial charge in [-0.1, -0.05) is 17.3 Å². The summed E-state index contributed by atoms with van der Waals surface area (Å²) in [5.74, 6) is 0.0507. The maximum atomic E-state index is 12.4. The number of nitrogens with one attached hydrogen (secondary N) is 1. The number of ether oxygens (including phenoxy) is 2. The minimum absolute atomic E-state index is 0.0507. The van der Waals surface area contributed by atoms with Crippen LogP contribution in [0, 0.1) is 17.0 Å². The number of hydrogen-bond donors (Lipinski definition) is 3. The highest BCUT2D eigenvalue weighted by Crippen LogP contribution is 2.37. The van der Waals surface area contributed by atoms with Crippen molar-refractivity contribution in [2.24, 2.45) is 0 Å². The number of aryl methyl sites for hydroxylation is 1. The van der Waals surface area contributed by atoms with Crippen LogP contribution in [0.15, 0.2) is 46.2 Å². The Balaban J connectivity index is 1.61. The fourth-order valence-electron chi connectivity index (χ4n) is 3.58. The molecule has 3 aromatic rings. The van der Waals surface area contributed by atoms with Gasteiger partial charge in [-0.25, -0.2) is 9.48 Å². The van der Waals surface area contributed by atoms with Crippen molar-refractivity contribution in [3.05, 3.63) is 78.9 Å². The van der Waals surface area contributed by atoms with Crippen LogP contribution in [0.3, 0.4) is 0 Å². The molecule has 3 heterocycles. The number of aliphatic hydroxyl groups excluding tert-OH is 2. The molecule has 0 saturated carbocycles. The van der Waals surface area contributed by atoms with E-state index >= 15 is 0 Å². The number of hydrogen-bond acceptors (Lipinski definition) is 10. The lowest BCUT2D eigenvalue weighted by atomic mass is 10.1. The van der Waals surface area contributed by atoms with Gasteiger partial charge in [0.1, 0.15) is 30.6 Å². The van der Waals surface area contributed by atoms with Gasteiger partial charge in [0.25, 0.3) is 5.56 Å². The number of benzene rings is 1. The summed E-state index contributed by atoms with van der Waals surface area (Å²) in [4.78, 5) is 36.8. The van der Waals surface area contributed by atoms with Crippen LogP contribution in [0.1, 0.15) is 23.5 Å². The molecule has 0 aliphatic carbocycles. The molecule has 14 heteroatoms. The van der Waals surface area contributed by atoms with Crippen LogP contribution in [0.4, 0.5) is 5.69 Å². The van der Waals surface area contributed by atoms with Gasteiger partial charge in [0.2, 0.25) is 0 Å². The Kier molecular flexibility index (Phi) is 6.04. The van der Waals surface area contributed by atoms with E-state index in [0.29, 0.717) is 0 Å². The Hall–Kier alpha value is -3.88. The molecule has 0 spiro atoms. The Labute approximate surface area is 184 Å². The average molecular weight is 460 g/mol. The zero-order valence-electron chi connectivity index (χ0n) is 17.3. The third-order valence-electron chi connectivity index (χ3n) is 5.24. The summed E-state index contributed by atoms with van der Waals surface area (Å²) >= 11 is 0. The van der Waals surface area contributed by atoms with E-state index < -0.39 is 47.3 Å². The number of nitro benzene ring substituents is 1. The molecule has 0 amide bonds. The fraction of sp³-hybridized carbons (Fsp3) is 0.368. The highest BCUT2D eigenvalue weighted by molar-refractivity contribution is 5.45. The van der Waals surface area contributed by atoms with Crippen LogP contribution in [-0.2, 0) is 11.3 Å². The minimum Gasteiger partial charge on any atom is -0.480 e. The van der Waals surface area contributed by atoms with Crippen molar-refractivity contribution < 1.29 is 24.6 Å². The van der Waals surface area contributed by atoms with Gasteiger partial charge >= 0.3 is 11.4 Å². The van der Waals surface area contributed by atoms with Crippen LogP contribution < -0.4 is 16.0 Å². The van der Waals surface area contributed by atoms with Gasteiger partial charge in [-0.3, -0.25) is 24.5 Å². The van der Waals surface area contributed by atoms with Crippen LogP contribution in [0.25, 0.3) is 0 Å². The van der Waals surface area contributed by atoms with Crippen LogP contribution in [-0.4, -0.2) is 58.5 Å². The van der Waals surface area contributed by atoms with Crippen molar-refractivity contribution in [3.63, 3.8) is 0 Å². The number of para-hydroxylation sites is 2. The summed E-state index contributed by atoms with van der Waals surface area (Å²) in [5, 5.41) is 39.3. The molecule has 3 N–H and O–H groups in total. The monoisotopic (exact) mass is 460 g/mol. The molecular weight excluding hydrogens is 440 g/mol. The largest absolute Gasteiger partial charge is 0.480 e. The summed E-state index contributed by atoms with van der Waals surface area (Å²) in [7, 11) is 0. The lowest BCUT2D eigenvalue weighted by Gasteiger charge is -2.21. The first-order chi connectivity index (χ1) is 15.8. The maximum absolute atomic E-state index is 12.4. The number of aliphatic hydroxyl groups is 2. The van der Waals surface area contributed by atoms with Gasteiger partial charge in [-0.15, -0.1) is 5.10 Å². The van der Waals surface area contributed by atoms with Crippen molar-refractivity contribution in [2.75, 3.05) is 6.61 Å². The first-order valence-electron chi connectivity index (χ1n) is 9.83. The molecule has 174 valence electrons. The van der Waals surface area contributed by atoms with Crippen molar-refractivity contribution in [1.82, 2.24) is 24.5 Å². The van der Waals surface area contributed by atoms with Gasteiger partial charge in [0.15, 0.2) is 12.0 Å². The number of nitro groups is 1. The zero-order chi connectivity index (χ0) is 23.7. The standard InChI is InChI=1S/C19H20N6O8/c1-10-6-23(19(29)20-17(10)28)18-15(16(27)14(8-26)33-18)24-7-11(21-22-24)9-32-13-5-3-2-4-12(13)25(30)31/h2-7,14-16,18,26-27H,8-9H2,1H3,(H,20,28,29)/t14-,15-,16-,18-/m1/s1. The summed E-state index contributed by atoms with van der Waals surface area (Å²) in [5.41, 5.74) is -0.984. The predicted molar refractivity (Wildman–Crippen MR) is 110 cm³/mol. The van der Waals surface area contributed by atoms with E-state index in [4.69, 9.17) is 9.47 Å². The molecule has 4 atom stereocenters. The molecule has 1 aliphatic rings. The first kappa shape index (κ1) is 22.3. The van der Waals surface area contributed by atoms with E-state index in [2.05, 4.69) is 15.3 Å². The second kappa shape index (κ2) is 8.93. The van der Waals surface area contributed by atoms with Crippen molar-refractivity contribution in [1.29, 1.82) is 0 Å². The second-order valence-electron chi connectivity index (χ2n) is 7.41. The molecule has 1 aliphatic heterocycles.